The number of aromatic nitrogens is 3. The zero-order valence-electron chi connectivity index (χ0n) is 29.5. The van der Waals surface area contributed by atoms with Gasteiger partial charge in [-0.05, 0) is 83.9 Å². The van der Waals surface area contributed by atoms with E-state index in [0.717, 1.165) is 71.8 Å². The van der Waals surface area contributed by atoms with Gasteiger partial charge in [0.1, 0.15) is 0 Å². The Morgan fingerprint density at radius 2 is 0.927 bits per heavy atom. The molecule has 0 saturated heterocycles. The van der Waals surface area contributed by atoms with Gasteiger partial charge < -0.3 is 13.7 Å². The van der Waals surface area contributed by atoms with Crippen LogP contribution in [0, 0.1) is 17.9 Å². The summed E-state index contributed by atoms with van der Waals surface area (Å²) >= 11 is 0. The van der Waals surface area contributed by atoms with Gasteiger partial charge in [-0.1, -0.05) is 103 Å². The summed E-state index contributed by atoms with van der Waals surface area (Å²) < 4.78 is 6.86. The zero-order chi connectivity index (χ0) is 36.6. The van der Waals surface area contributed by atoms with Gasteiger partial charge in [-0.25, -0.2) is 4.85 Å². The molecule has 0 aliphatic carbocycles. The van der Waals surface area contributed by atoms with E-state index in [2.05, 4.69) is 158 Å². The molecule has 55 heavy (non-hydrogen) atoms. The minimum absolute atomic E-state index is 0.566. The number of fused-ring (bicyclic) bond motifs is 9. The number of benzene rings is 8. The molecule has 254 valence electrons. The van der Waals surface area contributed by atoms with Crippen molar-refractivity contribution in [2.75, 3.05) is 0 Å². The Bertz CT molecular complexity index is 3420. The van der Waals surface area contributed by atoms with Crippen LogP contribution in [0.15, 0.2) is 176 Å². The van der Waals surface area contributed by atoms with Crippen molar-refractivity contribution < 1.29 is 0 Å². The molecule has 0 saturated carbocycles. The molecule has 0 amide bonds. The first-order valence-corrected chi connectivity index (χ1v) is 18.3. The van der Waals surface area contributed by atoms with Crippen molar-refractivity contribution in [2.24, 2.45) is 0 Å². The van der Waals surface area contributed by atoms with E-state index in [1.165, 1.54) is 21.8 Å². The molecule has 0 aliphatic rings. The second-order valence-corrected chi connectivity index (χ2v) is 13.9. The number of nitrogens with zero attached hydrogens (tertiary/aromatic N) is 5. The van der Waals surface area contributed by atoms with E-state index < -0.39 is 0 Å². The van der Waals surface area contributed by atoms with E-state index in [4.69, 9.17) is 6.57 Å². The fraction of sp³-hybridized carbons (Fsp3) is 0. The number of rotatable bonds is 4. The van der Waals surface area contributed by atoms with Gasteiger partial charge in [0.15, 0.2) is 5.69 Å². The van der Waals surface area contributed by atoms with E-state index in [0.29, 0.717) is 11.3 Å². The smallest absolute Gasteiger partial charge is 0.197 e. The highest BCUT2D eigenvalue weighted by atomic mass is 15.0. The Kier molecular flexibility index (Phi) is 6.61. The van der Waals surface area contributed by atoms with Crippen molar-refractivity contribution in [2.45, 2.75) is 0 Å². The summed E-state index contributed by atoms with van der Waals surface area (Å²) in [5, 5.41) is 16.8. The summed E-state index contributed by atoms with van der Waals surface area (Å²) in [4.78, 5) is 4.14. The lowest BCUT2D eigenvalue weighted by atomic mass is 10.0. The number of nitriles is 1. The molecule has 0 unspecified atom stereocenters. The van der Waals surface area contributed by atoms with Crippen molar-refractivity contribution >= 4 is 71.1 Å². The molecule has 8 aromatic carbocycles. The van der Waals surface area contributed by atoms with Gasteiger partial charge in [0.05, 0.1) is 57.0 Å². The summed E-state index contributed by atoms with van der Waals surface area (Å²) in [5.74, 6) is 0. The summed E-state index contributed by atoms with van der Waals surface area (Å²) in [6.07, 6.45) is 0. The van der Waals surface area contributed by atoms with E-state index in [-0.39, 0.29) is 0 Å². The van der Waals surface area contributed by atoms with Gasteiger partial charge in [0, 0.05) is 43.7 Å². The molecular weight excluding hydrogens is 671 g/mol. The lowest BCUT2D eigenvalue weighted by molar-refractivity contribution is 1.16. The Labute approximate surface area is 316 Å². The maximum Gasteiger partial charge on any atom is 0.197 e. The molecule has 0 radical (unpaired) electrons. The van der Waals surface area contributed by atoms with Crippen molar-refractivity contribution in [3.8, 4) is 34.3 Å². The Balaban J connectivity index is 1.10. The summed E-state index contributed by atoms with van der Waals surface area (Å²) in [6, 6.07) is 63.4. The Hall–Kier alpha value is -7.86. The second kappa shape index (κ2) is 11.8. The molecule has 3 heterocycles. The normalized spacial score (nSPS) is 11.6. The topological polar surface area (TPSA) is 42.9 Å². The maximum atomic E-state index is 10.0. The number of hydrogen-bond donors (Lipinski definition) is 0. The molecule has 0 N–H and O–H groups in total. The first-order chi connectivity index (χ1) is 27.2. The third kappa shape index (κ3) is 4.39. The monoisotopic (exact) mass is 699 g/mol. The zero-order valence-corrected chi connectivity index (χ0v) is 29.5. The predicted molar refractivity (Wildman–Crippen MR) is 226 cm³/mol. The van der Waals surface area contributed by atoms with Crippen molar-refractivity contribution in [1.29, 1.82) is 5.26 Å². The summed E-state index contributed by atoms with van der Waals surface area (Å²) in [7, 11) is 0. The van der Waals surface area contributed by atoms with Crippen LogP contribution in [0.3, 0.4) is 0 Å². The van der Waals surface area contributed by atoms with Crippen molar-refractivity contribution in [1.82, 2.24) is 13.7 Å². The third-order valence-electron chi connectivity index (χ3n) is 11.1. The molecular formula is C50H29N5. The van der Waals surface area contributed by atoms with Gasteiger partial charge in [-0.3, -0.25) is 0 Å². The van der Waals surface area contributed by atoms with Gasteiger partial charge >= 0.3 is 0 Å². The fourth-order valence-electron chi connectivity index (χ4n) is 8.83. The van der Waals surface area contributed by atoms with E-state index in [1.807, 2.05) is 42.5 Å². The predicted octanol–water partition coefficient (Wildman–Crippen LogP) is 13.1. The molecule has 11 aromatic rings. The molecule has 5 nitrogen and oxygen atoms in total. The summed E-state index contributed by atoms with van der Waals surface area (Å²) in [6.45, 7) is 8.45. The van der Waals surface area contributed by atoms with E-state index >= 15 is 0 Å². The second-order valence-electron chi connectivity index (χ2n) is 13.9. The number of hydrogen-bond acceptors (Lipinski definition) is 1. The van der Waals surface area contributed by atoms with Crippen LogP contribution in [-0.2, 0) is 0 Å². The first-order valence-electron chi connectivity index (χ1n) is 18.3. The van der Waals surface area contributed by atoms with Crippen LogP contribution in [0.25, 0.3) is 98.5 Å². The molecule has 0 aliphatic heterocycles. The highest BCUT2D eigenvalue weighted by Crippen LogP contribution is 2.42. The lowest BCUT2D eigenvalue weighted by Crippen LogP contribution is -1.98. The highest BCUT2D eigenvalue weighted by molar-refractivity contribution is 6.14. The fourth-order valence-corrected chi connectivity index (χ4v) is 8.83. The molecule has 0 bridgehead atoms. The molecule has 11 rings (SSSR count). The van der Waals surface area contributed by atoms with Crippen LogP contribution >= 0.6 is 0 Å². The molecule has 0 fully saturated rings. The van der Waals surface area contributed by atoms with Crippen LogP contribution in [0.1, 0.15) is 5.56 Å². The summed E-state index contributed by atoms with van der Waals surface area (Å²) in [5.41, 5.74) is 12.5. The van der Waals surface area contributed by atoms with Crippen LogP contribution in [0.2, 0.25) is 0 Å². The average Bonchev–Trinajstić information content (AvgIpc) is 3.89. The lowest BCUT2D eigenvalue weighted by Gasteiger charge is -2.16. The van der Waals surface area contributed by atoms with Gasteiger partial charge in [0.2, 0.25) is 0 Å². The molecule has 3 aromatic heterocycles. The van der Waals surface area contributed by atoms with Crippen LogP contribution in [0.5, 0.6) is 0 Å². The minimum atomic E-state index is 0.566. The Morgan fingerprint density at radius 3 is 1.58 bits per heavy atom. The molecule has 5 heteroatoms. The van der Waals surface area contributed by atoms with Gasteiger partial charge in [-0.15, -0.1) is 0 Å². The van der Waals surface area contributed by atoms with E-state index in [1.54, 1.807) is 0 Å². The first kappa shape index (κ1) is 30.7. The largest absolute Gasteiger partial charge is 0.311 e. The van der Waals surface area contributed by atoms with Crippen molar-refractivity contribution in [3.05, 3.63) is 193 Å². The molecule has 0 atom stereocenters. The highest BCUT2D eigenvalue weighted by Gasteiger charge is 2.21. The van der Waals surface area contributed by atoms with Crippen LogP contribution in [0.4, 0.5) is 5.69 Å². The van der Waals surface area contributed by atoms with E-state index in [9.17, 15) is 5.26 Å². The maximum absolute atomic E-state index is 10.0. The SMILES string of the molecule is [C-]#[N+]c1cc(-n2c3ccccc3c3cc(-n4c5ccccc5c5ccccc54)ccc32)ccc1-c1ccccc1-n1c2ccccc2c2c(C#N)cccc21. The third-order valence-corrected chi connectivity index (χ3v) is 11.1. The number of para-hydroxylation sites is 5. The Morgan fingerprint density at radius 1 is 0.418 bits per heavy atom. The van der Waals surface area contributed by atoms with Crippen LogP contribution in [-0.4, -0.2) is 13.7 Å². The standard InChI is InChI=1S/C50H29N5/c1-52-42-30-34(25-27-35(42)36-14-2-10-22-46(36)55-47-23-11-6-18-40(47)50-32(31-51)13-12-24-49(50)55)54-45-21-9-5-17-39(45)41-29-33(26-28-48(41)54)53-43-19-7-3-15-37(43)38-16-4-8-20-44(38)53/h2-30H. The average molecular weight is 700 g/mol. The van der Waals surface area contributed by atoms with Gasteiger partial charge in [0.25, 0.3) is 0 Å². The van der Waals surface area contributed by atoms with Crippen LogP contribution < -0.4 is 0 Å². The molecule has 0 spiro atoms. The quantitative estimate of drug-likeness (QED) is 0.169. The van der Waals surface area contributed by atoms with Crippen molar-refractivity contribution in [3.63, 3.8) is 0 Å². The van der Waals surface area contributed by atoms with Gasteiger partial charge in [-0.2, -0.15) is 5.26 Å². The minimum Gasteiger partial charge on any atom is -0.311 e.